The molecule has 2 aromatic rings. The molecule has 1 fully saturated rings. The van der Waals surface area contributed by atoms with Crippen LogP contribution in [0.5, 0.6) is 0 Å². The highest BCUT2D eigenvalue weighted by molar-refractivity contribution is 7.89. The number of piperidine rings is 1. The second-order valence-electron chi connectivity index (χ2n) is 6.43. The van der Waals surface area contributed by atoms with E-state index < -0.39 is 15.9 Å². The van der Waals surface area contributed by atoms with Crippen molar-refractivity contribution >= 4 is 37.5 Å². The molecule has 1 saturated heterocycles. The number of carbonyl (C=O) groups is 1. The molecule has 0 aromatic carbocycles. The molecule has 3 rings (SSSR count). The summed E-state index contributed by atoms with van der Waals surface area (Å²) in [6.07, 6.45) is 1.75. The van der Waals surface area contributed by atoms with Crippen LogP contribution in [-0.2, 0) is 14.8 Å². The SMILES string of the molecule is CCCS(=O)(=O)N1CCCC(C(=O)Nn2c(C)nc3sccc3c2=O)C1. The van der Waals surface area contributed by atoms with E-state index in [4.69, 9.17) is 0 Å². The van der Waals surface area contributed by atoms with Crippen molar-refractivity contribution in [2.45, 2.75) is 33.1 Å². The summed E-state index contributed by atoms with van der Waals surface area (Å²) in [7, 11) is -3.34. The van der Waals surface area contributed by atoms with E-state index in [1.807, 2.05) is 6.92 Å². The van der Waals surface area contributed by atoms with Gasteiger partial charge in [-0.25, -0.2) is 22.4 Å². The molecule has 10 heteroatoms. The van der Waals surface area contributed by atoms with Crippen molar-refractivity contribution in [3.63, 3.8) is 0 Å². The predicted molar refractivity (Wildman–Crippen MR) is 101 cm³/mol. The molecule has 1 aliphatic rings. The number of aromatic nitrogens is 2. The van der Waals surface area contributed by atoms with Crippen molar-refractivity contribution in [1.29, 1.82) is 0 Å². The van der Waals surface area contributed by atoms with Gasteiger partial charge < -0.3 is 0 Å². The Morgan fingerprint density at radius 1 is 1.46 bits per heavy atom. The van der Waals surface area contributed by atoms with Crippen LogP contribution in [0.2, 0.25) is 0 Å². The summed E-state index contributed by atoms with van der Waals surface area (Å²) >= 11 is 1.37. The van der Waals surface area contributed by atoms with Gasteiger partial charge in [0.05, 0.1) is 17.1 Å². The van der Waals surface area contributed by atoms with Gasteiger partial charge in [0.1, 0.15) is 10.7 Å². The number of nitrogens with zero attached hydrogens (tertiary/aromatic N) is 3. The minimum Gasteiger partial charge on any atom is -0.273 e. The molecule has 142 valence electrons. The highest BCUT2D eigenvalue weighted by atomic mass is 32.2. The van der Waals surface area contributed by atoms with Crippen molar-refractivity contribution in [2.24, 2.45) is 5.92 Å². The Morgan fingerprint density at radius 3 is 2.96 bits per heavy atom. The van der Waals surface area contributed by atoms with Crippen LogP contribution in [-0.4, -0.2) is 47.1 Å². The fourth-order valence-corrected chi connectivity index (χ4v) is 5.53. The molecule has 1 aliphatic heterocycles. The van der Waals surface area contributed by atoms with Gasteiger partial charge in [0.25, 0.3) is 5.56 Å². The third kappa shape index (κ3) is 3.67. The fraction of sp³-hybridized carbons (Fsp3) is 0.562. The molecule has 0 saturated carbocycles. The maximum Gasteiger partial charge on any atom is 0.281 e. The van der Waals surface area contributed by atoms with E-state index in [0.29, 0.717) is 41.8 Å². The number of carbonyl (C=O) groups excluding carboxylic acids is 1. The summed E-state index contributed by atoms with van der Waals surface area (Å²) in [6, 6.07) is 1.68. The molecule has 26 heavy (non-hydrogen) atoms. The molecule has 0 aliphatic carbocycles. The molecular formula is C16H22N4O4S2. The quantitative estimate of drug-likeness (QED) is 0.818. The molecule has 2 aromatic heterocycles. The average molecular weight is 399 g/mol. The summed E-state index contributed by atoms with van der Waals surface area (Å²) in [5.41, 5.74) is 2.29. The number of rotatable bonds is 5. The van der Waals surface area contributed by atoms with Crippen LogP contribution in [0.15, 0.2) is 16.2 Å². The van der Waals surface area contributed by atoms with Crippen molar-refractivity contribution in [2.75, 3.05) is 24.3 Å². The molecule has 1 unspecified atom stereocenters. The lowest BCUT2D eigenvalue weighted by Crippen LogP contribution is -2.47. The average Bonchev–Trinajstić information content (AvgIpc) is 3.07. The van der Waals surface area contributed by atoms with Crippen LogP contribution < -0.4 is 11.0 Å². The van der Waals surface area contributed by atoms with E-state index in [-0.39, 0.29) is 23.8 Å². The summed E-state index contributed by atoms with van der Waals surface area (Å²) in [6.45, 7) is 4.05. The van der Waals surface area contributed by atoms with E-state index >= 15 is 0 Å². The van der Waals surface area contributed by atoms with Crippen LogP contribution in [0, 0.1) is 12.8 Å². The fourth-order valence-electron chi connectivity index (χ4n) is 3.14. The molecule has 1 N–H and O–H groups in total. The highest BCUT2D eigenvalue weighted by Gasteiger charge is 2.32. The molecule has 8 nitrogen and oxygen atoms in total. The van der Waals surface area contributed by atoms with Crippen LogP contribution in [0.3, 0.4) is 0 Å². The third-order valence-electron chi connectivity index (χ3n) is 4.50. The number of amides is 1. The second kappa shape index (κ2) is 7.45. The van der Waals surface area contributed by atoms with Crippen LogP contribution in [0.4, 0.5) is 0 Å². The Balaban J connectivity index is 1.79. The molecular weight excluding hydrogens is 376 g/mol. The summed E-state index contributed by atoms with van der Waals surface area (Å²) < 4.78 is 27.1. The van der Waals surface area contributed by atoms with Gasteiger partial charge in [0.2, 0.25) is 15.9 Å². The van der Waals surface area contributed by atoms with E-state index in [9.17, 15) is 18.0 Å². The van der Waals surface area contributed by atoms with Crippen LogP contribution in [0.1, 0.15) is 32.0 Å². The van der Waals surface area contributed by atoms with E-state index in [0.717, 1.165) is 4.68 Å². The first-order valence-corrected chi connectivity index (χ1v) is 11.1. The van der Waals surface area contributed by atoms with Gasteiger partial charge in [0, 0.05) is 13.1 Å². The van der Waals surface area contributed by atoms with Crippen LogP contribution >= 0.6 is 11.3 Å². The number of sulfonamides is 1. The van der Waals surface area contributed by atoms with Crippen molar-refractivity contribution in [3.8, 4) is 0 Å². The largest absolute Gasteiger partial charge is 0.281 e. The number of hydrogen-bond donors (Lipinski definition) is 1. The predicted octanol–water partition coefficient (Wildman–Crippen LogP) is 1.29. The normalized spacial score (nSPS) is 18.9. The molecule has 1 amide bonds. The topological polar surface area (TPSA) is 101 Å². The van der Waals surface area contributed by atoms with E-state index in [1.54, 1.807) is 18.4 Å². The Hall–Kier alpha value is -1.78. The Labute approximate surface area is 155 Å². The van der Waals surface area contributed by atoms with Gasteiger partial charge in [-0.1, -0.05) is 6.92 Å². The minimum absolute atomic E-state index is 0.0820. The lowest BCUT2D eigenvalue weighted by atomic mass is 9.99. The van der Waals surface area contributed by atoms with Gasteiger partial charge >= 0.3 is 0 Å². The number of nitrogens with one attached hydrogen (secondary N) is 1. The first-order valence-electron chi connectivity index (χ1n) is 8.59. The van der Waals surface area contributed by atoms with Crippen LogP contribution in [0.25, 0.3) is 10.2 Å². The maximum absolute atomic E-state index is 12.7. The van der Waals surface area contributed by atoms with Gasteiger partial charge in [0.15, 0.2) is 0 Å². The Bertz CT molecular complexity index is 980. The Kier molecular flexibility index (Phi) is 5.44. The summed E-state index contributed by atoms with van der Waals surface area (Å²) in [5.74, 6) is -0.369. The van der Waals surface area contributed by atoms with E-state index in [2.05, 4.69) is 10.4 Å². The molecule has 0 radical (unpaired) electrons. The van der Waals surface area contributed by atoms with Crippen molar-refractivity contribution < 1.29 is 13.2 Å². The lowest BCUT2D eigenvalue weighted by Gasteiger charge is -2.31. The zero-order valence-electron chi connectivity index (χ0n) is 14.8. The summed E-state index contributed by atoms with van der Waals surface area (Å²) in [5, 5.41) is 2.24. The molecule has 0 bridgehead atoms. The molecule has 0 spiro atoms. The zero-order chi connectivity index (χ0) is 18.9. The zero-order valence-corrected chi connectivity index (χ0v) is 16.4. The molecule has 3 heterocycles. The number of aryl methyl sites for hydroxylation is 1. The number of fused-ring (bicyclic) bond motifs is 1. The minimum atomic E-state index is -3.34. The lowest BCUT2D eigenvalue weighted by molar-refractivity contribution is -0.121. The first-order chi connectivity index (χ1) is 12.3. The number of hydrogen-bond acceptors (Lipinski definition) is 6. The van der Waals surface area contributed by atoms with Gasteiger partial charge in [-0.3, -0.25) is 15.0 Å². The Morgan fingerprint density at radius 2 is 2.23 bits per heavy atom. The highest BCUT2D eigenvalue weighted by Crippen LogP contribution is 2.20. The molecule has 1 atom stereocenters. The van der Waals surface area contributed by atoms with E-state index in [1.165, 1.54) is 15.6 Å². The van der Waals surface area contributed by atoms with Gasteiger partial charge in [-0.05, 0) is 37.6 Å². The van der Waals surface area contributed by atoms with Crippen molar-refractivity contribution in [3.05, 3.63) is 27.6 Å². The first kappa shape index (κ1) is 19.0. The standard InChI is InChI=1S/C16H22N4O4S2/c1-3-9-26(23,24)19-7-4-5-12(10-19)14(21)18-20-11(2)17-15-13(16(20)22)6-8-25-15/h6,8,12H,3-5,7,9-10H2,1-2H3,(H,18,21). The summed E-state index contributed by atoms with van der Waals surface area (Å²) in [4.78, 5) is 30.2. The van der Waals surface area contributed by atoms with Gasteiger partial charge in [-0.15, -0.1) is 11.3 Å². The third-order valence-corrected chi connectivity index (χ3v) is 7.35. The second-order valence-corrected chi connectivity index (χ2v) is 9.41. The number of thiophene rings is 1. The monoisotopic (exact) mass is 398 g/mol. The smallest absolute Gasteiger partial charge is 0.273 e. The van der Waals surface area contributed by atoms with Crippen molar-refractivity contribution in [1.82, 2.24) is 14.0 Å². The van der Waals surface area contributed by atoms with Gasteiger partial charge in [-0.2, -0.15) is 0 Å². The maximum atomic E-state index is 12.7.